The summed E-state index contributed by atoms with van der Waals surface area (Å²) in [5, 5.41) is 0. The second-order valence-electron chi connectivity index (χ2n) is 7.02. The van der Waals surface area contributed by atoms with Crippen LogP contribution >= 0.6 is 0 Å². The molecule has 0 aromatic heterocycles. The van der Waals surface area contributed by atoms with Gasteiger partial charge in [-0.2, -0.15) is 0 Å². The smallest absolute Gasteiger partial charge is 0.193 e. The molecule has 30 heavy (non-hydrogen) atoms. The van der Waals surface area contributed by atoms with Gasteiger partial charge in [0.05, 0.1) is 7.11 Å². The van der Waals surface area contributed by atoms with Crippen LogP contribution in [0.4, 0.5) is 0 Å². The van der Waals surface area contributed by atoms with Crippen molar-refractivity contribution in [2.45, 2.75) is 6.92 Å². The number of ketones is 1. The van der Waals surface area contributed by atoms with Crippen molar-refractivity contribution < 1.29 is 14.3 Å². The lowest BCUT2D eigenvalue weighted by atomic mass is 10.0. The summed E-state index contributed by atoms with van der Waals surface area (Å²) in [6, 6.07) is 30.5. The fraction of sp³-hybridized carbons (Fsp3) is 0.0741. The first-order valence-electron chi connectivity index (χ1n) is 9.77. The Labute approximate surface area is 176 Å². The van der Waals surface area contributed by atoms with Gasteiger partial charge in [0.1, 0.15) is 17.2 Å². The Morgan fingerprint density at radius 3 is 1.73 bits per heavy atom. The number of para-hydroxylation sites is 2. The van der Waals surface area contributed by atoms with Crippen LogP contribution in [0, 0.1) is 6.92 Å². The summed E-state index contributed by atoms with van der Waals surface area (Å²) in [5.41, 5.74) is 4.33. The second kappa shape index (κ2) is 8.66. The normalized spacial score (nSPS) is 10.5. The molecule has 0 saturated carbocycles. The van der Waals surface area contributed by atoms with Crippen molar-refractivity contribution >= 4 is 5.78 Å². The highest BCUT2D eigenvalue weighted by Gasteiger charge is 2.12. The lowest BCUT2D eigenvalue weighted by molar-refractivity contribution is 0.103. The van der Waals surface area contributed by atoms with Crippen LogP contribution in [-0.2, 0) is 0 Å². The van der Waals surface area contributed by atoms with Gasteiger partial charge in [0.15, 0.2) is 5.78 Å². The minimum absolute atomic E-state index is 0.00373. The Balaban J connectivity index is 1.59. The molecule has 0 amide bonds. The molecule has 0 fully saturated rings. The standard InChI is InChI=1S/C27H22O3/c1-19-11-13-20(14-12-19)27(28)21-15-17-22(18-16-21)30-26-10-6-4-8-24(26)23-7-3-5-9-25(23)29-2/h3-18H,1-2H3. The molecular weight excluding hydrogens is 372 g/mol. The fourth-order valence-electron chi connectivity index (χ4n) is 3.32. The fourth-order valence-corrected chi connectivity index (χ4v) is 3.32. The number of hydrogen-bond donors (Lipinski definition) is 0. The maximum atomic E-state index is 12.7. The molecular formula is C27H22O3. The van der Waals surface area contributed by atoms with Gasteiger partial charge in [0, 0.05) is 22.3 Å². The van der Waals surface area contributed by atoms with E-state index < -0.39 is 0 Å². The molecule has 0 aliphatic heterocycles. The molecule has 0 saturated heterocycles. The molecule has 0 N–H and O–H groups in total. The number of hydrogen-bond acceptors (Lipinski definition) is 3. The van der Waals surface area contributed by atoms with Crippen molar-refractivity contribution in [3.8, 4) is 28.4 Å². The highest BCUT2D eigenvalue weighted by atomic mass is 16.5. The van der Waals surface area contributed by atoms with Gasteiger partial charge >= 0.3 is 0 Å². The molecule has 0 spiro atoms. The van der Waals surface area contributed by atoms with Crippen LogP contribution in [-0.4, -0.2) is 12.9 Å². The largest absolute Gasteiger partial charge is 0.496 e. The van der Waals surface area contributed by atoms with Crippen LogP contribution < -0.4 is 9.47 Å². The van der Waals surface area contributed by atoms with Crippen LogP contribution in [0.2, 0.25) is 0 Å². The van der Waals surface area contributed by atoms with Crippen LogP contribution in [0.3, 0.4) is 0 Å². The minimum Gasteiger partial charge on any atom is -0.496 e. The quantitative estimate of drug-likeness (QED) is 0.342. The van der Waals surface area contributed by atoms with Gasteiger partial charge in [-0.15, -0.1) is 0 Å². The van der Waals surface area contributed by atoms with Crippen molar-refractivity contribution in [1.29, 1.82) is 0 Å². The number of aryl methyl sites for hydroxylation is 1. The van der Waals surface area contributed by atoms with Crippen LogP contribution in [0.1, 0.15) is 21.5 Å². The molecule has 4 rings (SSSR count). The van der Waals surface area contributed by atoms with Gasteiger partial charge in [0.2, 0.25) is 0 Å². The maximum absolute atomic E-state index is 12.7. The van der Waals surface area contributed by atoms with Gasteiger partial charge in [-0.25, -0.2) is 0 Å². The average Bonchev–Trinajstić information content (AvgIpc) is 2.80. The number of carbonyl (C=O) groups excluding carboxylic acids is 1. The maximum Gasteiger partial charge on any atom is 0.193 e. The third-order valence-corrected chi connectivity index (χ3v) is 4.94. The third kappa shape index (κ3) is 4.11. The molecule has 0 aliphatic rings. The van der Waals surface area contributed by atoms with E-state index in [1.54, 1.807) is 19.2 Å². The van der Waals surface area contributed by atoms with Gasteiger partial charge < -0.3 is 9.47 Å². The van der Waals surface area contributed by atoms with E-state index in [2.05, 4.69) is 0 Å². The van der Waals surface area contributed by atoms with Crippen molar-refractivity contribution in [3.05, 3.63) is 114 Å². The van der Waals surface area contributed by atoms with E-state index in [0.717, 1.165) is 28.2 Å². The molecule has 3 heteroatoms. The summed E-state index contributed by atoms with van der Waals surface area (Å²) in [5.74, 6) is 2.17. The molecule has 0 bridgehead atoms. The predicted octanol–water partition coefficient (Wildman–Crippen LogP) is 6.69. The van der Waals surface area contributed by atoms with E-state index in [0.29, 0.717) is 16.9 Å². The highest BCUT2D eigenvalue weighted by Crippen LogP contribution is 2.38. The molecule has 0 atom stereocenters. The zero-order valence-electron chi connectivity index (χ0n) is 17.0. The van der Waals surface area contributed by atoms with E-state index in [9.17, 15) is 4.79 Å². The first kappa shape index (κ1) is 19.5. The number of ether oxygens (including phenoxy) is 2. The van der Waals surface area contributed by atoms with Crippen molar-refractivity contribution in [3.63, 3.8) is 0 Å². The molecule has 0 unspecified atom stereocenters. The molecule has 4 aromatic carbocycles. The van der Waals surface area contributed by atoms with Gasteiger partial charge in [-0.3, -0.25) is 4.79 Å². The Morgan fingerprint density at radius 2 is 1.13 bits per heavy atom. The topological polar surface area (TPSA) is 35.5 Å². The van der Waals surface area contributed by atoms with E-state index in [-0.39, 0.29) is 5.78 Å². The van der Waals surface area contributed by atoms with Gasteiger partial charge in [0.25, 0.3) is 0 Å². The van der Waals surface area contributed by atoms with Crippen molar-refractivity contribution in [1.82, 2.24) is 0 Å². The first-order valence-corrected chi connectivity index (χ1v) is 9.77. The van der Waals surface area contributed by atoms with Gasteiger partial charge in [-0.05, 0) is 43.3 Å². The Hall–Kier alpha value is -3.85. The molecule has 0 aliphatic carbocycles. The summed E-state index contributed by atoms with van der Waals surface area (Å²) < 4.78 is 11.7. The van der Waals surface area contributed by atoms with E-state index in [1.807, 2.05) is 91.9 Å². The monoisotopic (exact) mass is 394 g/mol. The third-order valence-electron chi connectivity index (χ3n) is 4.94. The van der Waals surface area contributed by atoms with Crippen molar-refractivity contribution in [2.75, 3.05) is 7.11 Å². The van der Waals surface area contributed by atoms with E-state index in [4.69, 9.17) is 9.47 Å². The van der Waals surface area contributed by atoms with Gasteiger partial charge in [-0.1, -0.05) is 66.2 Å². The lowest BCUT2D eigenvalue weighted by Crippen LogP contribution is -2.01. The van der Waals surface area contributed by atoms with Crippen LogP contribution in [0.25, 0.3) is 11.1 Å². The highest BCUT2D eigenvalue weighted by molar-refractivity contribution is 6.09. The first-order chi connectivity index (χ1) is 14.7. The zero-order valence-corrected chi connectivity index (χ0v) is 17.0. The average molecular weight is 394 g/mol. The Bertz CT molecular complexity index is 1160. The van der Waals surface area contributed by atoms with E-state index >= 15 is 0 Å². The summed E-state index contributed by atoms with van der Waals surface area (Å²) in [6.07, 6.45) is 0. The summed E-state index contributed by atoms with van der Waals surface area (Å²) in [7, 11) is 1.66. The number of carbonyl (C=O) groups is 1. The molecule has 0 radical (unpaired) electrons. The number of rotatable bonds is 6. The molecule has 148 valence electrons. The summed E-state index contributed by atoms with van der Waals surface area (Å²) in [6.45, 7) is 2.00. The zero-order chi connectivity index (χ0) is 20.9. The van der Waals surface area contributed by atoms with Crippen LogP contribution in [0.5, 0.6) is 17.2 Å². The lowest BCUT2D eigenvalue weighted by Gasteiger charge is -2.14. The summed E-state index contributed by atoms with van der Waals surface area (Å²) in [4.78, 5) is 12.7. The minimum atomic E-state index is -0.00373. The number of methoxy groups -OCH3 is 1. The Kier molecular flexibility index (Phi) is 5.62. The Morgan fingerprint density at radius 1 is 0.633 bits per heavy atom. The van der Waals surface area contributed by atoms with Crippen LogP contribution in [0.15, 0.2) is 97.1 Å². The molecule has 0 heterocycles. The van der Waals surface area contributed by atoms with E-state index in [1.165, 1.54) is 0 Å². The second-order valence-corrected chi connectivity index (χ2v) is 7.02. The predicted molar refractivity (Wildman–Crippen MR) is 120 cm³/mol. The number of benzene rings is 4. The summed E-state index contributed by atoms with van der Waals surface area (Å²) >= 11 is 0. The van der Waals surface area contributed by atoms with Crippen molar-refractivity contribution in [2.24, 2.45) is 0 Å². The molecule has 4 aromatic rings. The molecule has 3 nitrogen and oxygen atoms in total. The SMILES string of the molecule is COc1ccccc1-c1ccccc1Oc1ccc(C(=O)c2ccc(C)cc2)cc1.